The van der Waals surface area contributed by atoms with Crippen LogP contribution >= 0.6 is 24.0 Å². The van der Waals surface area contributed by atoms with Gasteiger partial charge in [-0.25, -0.2) is 4.99 Å². The predicted molar refractivity (Wildman–Crippen MR) is 142 cm³/mol. The van der Waals surface area contributed by atoms with Gasteiger partial charge in [-0.2, -0.15) is 0 Å². The fourth-order valence-corrected chi connectivity index (χ4v) is 3.65. The SMILES string of the molecule is CCNC(=NCC(C)Oc1ccccc1OC)NCCCC(=O)N1Cc2ccccc2C1.I. The molecule has 2 aromatic carbocycles. The van der Waals surface area contributed by atoms with Gasteiger partial charge in [0.15, 0.2) is 17.5 Å². The molecule has 0 saturated carbocycles. The first-order valence-corrected chi connectivity index (χ1v) is 11.3. The van der Waals surface area contributed by atoms with E-state index in [9.17, 15) is 4.79 Å². The number of nitrogens with one attached hydrogen (secondary N) is 2. The van der Waals surface area contributed by atoms with Gasteiger partial charge in [-0.1, -0.05) is 36.4 Å². The van der Waals surface area contributed by atoms with Crippen LogP contribution in [0.4, 0.5) is 0 Å². The molecule has 7 nitrogen and oxygen atoms in total. The third kappa shape index (κ3) is 8.10. The van der Waals surface area contributed by atoms with E-state index < -0.39 is 0 Å². The summed E-state index contributed by atoms with van der Waals surface area (Å²) in [4.78, 5) is 19.1. The van der Waals surface area contributed by atoms with E-state index in [0.29, 0.717) is 31.0 Å². The van der Waals surface area contributed by atoms with Crippen molar-refractivity contribution in [3.63, 3.8) is 0 Å². The molecule has 1 amide bonds. The number of halogens is 1. The maximum Gasteiger partial charge on any atom is 0.223 e. The summed E-state index contributed by atoms with van der Waals surface area (Å²) in [5, 5.41) is 6.56. The largest absolute Gasteiger partial charge is 0.493 e. The van der Waals surface area contributed by atoms with Crippen LogP contribution in [-0.2, 0) is 17.9 Å². The van der Waals surface area contributed by atoms with Gasteiger partial charge in [0.05, 0.1) is 13.7 Å². The third-order valence-electron chi connectivity index (χ3n) is 5.30. The molecule has 0 aliphatic carbocycles. The fourth-order valence-electron chi connectivity index (χ4n) is 3.65. The van der Waals surface area contributed by atoms with Gasteiger partial charge in [0.2, 0.25) is 5.91 Å². The average Bonchev–Trinajstić information content (AvgIpc) is 3.25. The number of rotatable bonds is 10. The first-order chi connectivity index (χ1) is 15.6. The highest BCUT2D eigenvalue weighted by molar-refractivity contribution is 14.0. The number of methoxy groups -OCH3 is 1. The molecule has 1 heterocycles. The number of carbonyl (C=O) groups is 1. The summed E-state index contributed by atoms with van der Waals surface area (Å²) >= 11 is 0. The second kappa shape index (κ2) is 13.9. The molecule has 1 unspecified atom stereocenters. The molecule has 2 N–H and O–H groups in total. The second-order valence-corrected chi connectivity index (χ2v) is 7.85. The first-order valence-electron chi connectivity index (χ1n) is 11.3. The van der Waals surface area contributed by atoms with Gasteiger partial charge in [0.1, 0.15) is 6.10 Å². The molecule has 0 spiro atoms. The number of hydrogen-bond donors (Lipinski definition) is 2. The van der Waals surface area contributed by atoms with Crippen LogP contribution in [0.5, 0.6) is 11.5 Å². The van der Waals surface area contributed by atoms with Crippen LogP contribution in [-0.4, -0.2) is 49.6 Å². The zero-order valence-electron chi connectivity index (χ0n) is 19.7. The average molecular weight is 566 g/mol. The summed E-state index contributed by atoms with van der Waals surface area (Å²) in [5.41, 5.74) is 2.51. The molecule has 0 saturated heterocycles. The number of fused-ring (bicyclic) bond motifs is 1. The Labute approximate surface area is 214 Å². The lowest BCUT2D eigenvalue weighted by atomic mass is 10.1. The number of ether oxygens (including phenoxy) is 2. The lowest BCUT2D eigenvalue weighted by molar-refractivity contribution is -0.131. The Hall–Kier alpha value is -2.49. The van der Waals surface area contributed by atoms with E-state index in [1.807, 2.05) is 55.1 Å². The standard InChI is InChI=1S/C25H34N4O3.HI/c1-4-26-25(28-16-19(2)32-23-13-8-7-12-22(23)31-3)27-15-9-14-24(30)29-17-20-10-5-6-11-21(20)18-29;/h5-8,10-13,19H,4,9,14-18H2,1-3H3,(H2,26,27,28);1H. The van der Waals surface area contributed by atoms with E-state index in [2.05, 4.69) is 27.8 Å². The summed E-state index contributed by atoms with van der Waals surface area (Å²) in [6.07, 6.45) is 1.16. The molecule has 0 fully saturated rings. The van der Waals surface area contributed by atoms with Crippen LogP contribution in [0.15, 0.2) is 53.5 Å². The van der Waals surface area contributed by atoms with E-state index in [1.165, 1.54) is 11.1 Å². The van der Waals surface area contributed by atoms with Crippen molar-refractivity contribution < 1.29 is 14.3 Å². The molecule has 2 aromatic rings. The van der Waals surface area contributed by atoms with E-state index in [4.69, 9.17) is 9.47 Å². The Morgan fingerprint density at radius 3 is 2.33 bits per heavy atom. The van der Waals surface area contributed by atoms with Crippen LogP contribution in [0.25, 0.3) is 0 Å². The van der Waals surface area contributed by atoms with Crippen LogP contribution in [0.1, 0.15) is 37.8 Å². The Morgan fingerprint density at radius 1 is 1.06 bits per heavy atom. The zero-order chi connectivity index (χ0) is 22.8. The summed E-state index contributed by atoms with van der Waals surface area (Å²) in [7, 11) is 1.63. The molecule has 8 heteroatoms. The van der Waals surface area contributed by atoms with Crippen LogP contribution in [0.2, 0.25) is 0 Å². The smallest absolute Gasteiger partial charge is 0.223 e. The van der Waals surface area contributed by atoms with Gasteiger partial charge in [0, 0.05) is 32.6 Å². The van der Waals surface area contributed by atoms with Gasteiger partial charge >= 0.3 is 0 Å². The van der Waals surface area contributed by atoms with Gasteiger partial charge in [0.25, 0.3) is 0 Å². The van der Waals surface area contributed by atoms with E-state index in [1.54, 1.807) is 7.11 Å². The van der Waals surface area contributed by atoms with Crippen molar-refractivity contribution in [2.24, 2.45) is 4.99 Å². The fraction of sp³-hybridized carbons (Fsp3) is 0.440. The van der Waals surface area contributed by atoms with Crippen LogP contribution in [0.3, 0.4) is 0 Å². The van der Waals surface area contributed by atoms with Crippen molar-refractivity contribution in [3.8, 4) is 11.5 Å². The van der Waals surface area contributed by atoms with Crippen LogP contribution < -0.4 is 20.1 Å². The highest BCUT2D eigenvalue weighted by Crippen LogP contribution is 2.26. The Kier molecular flexibility index (Phi) is 11.3. The predicted octanol–water partition coefficient (Wildman–Crippen LogP) is 3.96. The second-order valence-electron chi connectivity index (χ2n) is 7.85. The molecule has 1 aliphatic rings. The monoisotopic (exact) mass is 566 g/mol. The van der Waals surface area contributed by atoms with Gasteiger partial charge in [-0.15, -0.1) is 24.0 Å². The summed E-state index contributed by atoms with van der Waals surface area (Å²) in [6.45, 7) is 7.39. The lowest BCUT2D eigenvalue weighted by Crippen LogP contribution is -2.39. The molecule has 180 valence electrons. The number of benzene rings is 2. The maximum absolute atomic E-state index is 12.6. The molecule has 1 atom stereocenters. The molecule has 33 heavy (non-hydrogen) atoms. The summed E-state index contributed by atoms with van der Waals surface area (Å²) in [6, 6.07) is 15.8. The Bertz CT molecular complexity index is 897. The molecular weight excluding hydrogens is 531 g/mol. The summed E-state index contributed by atoms with van der Waals surface area (Å²) in [5.74, 6) is 2.34. The highest BCUT2D eigenvalue weighted by atomic mass is 127. The minimum Gasteiger partial charge on any atom is -0.493 e. The third-order valence-corrected chi connectivity index (χ3v) is 5.30. The van der Waals surface area contributed by atoms with E-state index in [0.717, 1.165) is 32.0 Å². The number of nitrogens with zero attached hydrogens (tertiary/aromatic N) is 2. The van der Waals surface area contributed by atoms with Gasteiger partial charge < -0.3 is 25.0 Å². The van der Waals surface area contributed by atoms with Crippen LogP contribution in [0, 0.1) is 0 Å². The van der Waals surface area contributed by atoms with Crippen molar-refractivity contribution in [3.05, 3.63) is 59.7 Å². The summed E-state index contributed by atoms with van der Waals surface area (Å²) < 4.78 is 11.3. The maximum atomic E-state index is 12.6. The first kappa shape index (κ1) is 26.8. The molecule has 1 aliphatic heterocycles. The quantitative estimate of drug-likeness (QED) is 0.197. The normalized spacial score (nSPS) is 13.5. The van der Waals surface area contributed by atoms with Gasteiger partial charge in [-0.05, 0) is 43.5 Å². The van der Waals surface area contributed by atoms with E-state index in [-0.39, 0.29) is 36.0 Å². The molecular formula is C25H35IN4O3. The zero-order valence-corrected chi connectivity index (χ0v) is 22.0. The molecule has 3 rings (SSSR count). The Morgan fingerprint density at radius 2 is 1.70 bits per heavy atom. The number of aliphatic imine (C=N–C) groups is 1. The van der Waals surface area contributed by atoms with Crippen molar-refractivity contribution in [1.29, 1.82) is 0 Å². The number of guanidine groups is 1. The number of carbonyl (C=O) groups excluding carboxylic acids is 1. The number of hydrogen-bond acceptors (Lipinski definition) is 4. The van der Waals surface area contributed by atoms with Crippen molar-refractivity contribution in [2.75, 3.05) is 26.7 Å². The van der Waals surface area contributed by atoms with Crippen molar-refractivity contribution in [1.82, 2.24) is 15.5 Å². The molecule has 0 aromatic heterocycles. The van der Waals surface area contributed by atoms with E-state index >= 15 is 0 Å². The number of para-hydroxylation sites is 2. The van der Waals surface area contributed by atoms with Crippen molar-refractivity contribution >= 4 is 35.8 Å². The number of amides is 1. The van der Waals surface area contributed by atoms with Gasteiger partial charge in [-0.3, -0.25) is 4.79 Å². The molecule has 0 bridgehead atoms. The minimum absolute atomic E-state index is 0. The lowest BCUT2D eigenvalue weighted by Gasteiger charge is -2.17. The topological polar surface area (TPSA) is 75.2 Å². The van der Waals surface area contributed by atoms with Crippen molar-refractivity contribution in [2.45, 2.75) is 45.9 Å². The Balaban J connectivity index is 0.00000385. The highest BCUT2D eigenvalue weighted by Gasteiger charge is 2.22. The molecule has 0 radical (unpaired) electrons. The minimum atomic E-state index is -0.111.